The molecule has 4 nitrogen and oxygen atoms in total. The Balaban J connectivity index is 2.95. The SMILES string of the molecule is COc1cc(N(C)C(C)(C)CBr)ncn1. The van der Waals surface area contributed by atoms with E-state index in [-0.39, 0.29) is 5.54 Å². The third kappa shape index (κ3) is 2.81. The third-order valence-electron chi connectivity index (χ3n) is 2.42. The molecule has 1 rings (SSSR count). The lowest BCUT2D eigenvalue weighted by Gasteiger charge is -2.34. The van der Waals surface area contributed by atoms with Crippen LogP contribution in [0.15, 0.2) is 12.4 Å². The molecule has 1 aromatic rings. The molecule has 0 saturated heterocycles. The largest absolute Gasteiger partial charge is 0.481 e. The van der Waals surface area contributed by atoms with Crippen molar-refractivity contribution in [1.82, 2.24) is 9.97 Å². The number of hydrogen-bond donors (Lipinski definition) is 0. The van der Waals surface area contributed by atoms with Gasteiger partial charge in [0.1, 0.15) is 12.1 Å². The van der Waals surface area contributed by atoms with Crippen LogP contribution in [0, 0.1) is 0 Å². The van der Waals surface area contributed by atoms with Gasteiger partial charge in [-0.3, -0.25) is 0 Å². The maximum absolute atomic E-state index is 5.06. The molecule has 0 aliphatic rings. The predicted molar refractivity (Wildman–Crippen MR) is 64.9 cm³/mol. The zero-order valence-electron chi connectivity index (χ0n) is 9.49. The van der Waals surface area contributed by atoms with E-state index in [0.29, 0.717) is 5.88 Å². The van der Waals surface area contributed by atoms with Gasteiger partial charge < -0.3 is 9.64 Å². The lowest BCUT2D eigenvalue weighted by atomic mass is 10.1. The molecule has 1 heterocycles. The number of nitrogens with zero attached hydrogens (tertiary/aromatic N) is 3. The number of anilines is 1. The summed E-state index contributed by atoms with van der Waals surface area (Å²) in [6.07, 6.45) is 1.51. The van der Waals surface area contributed by atoms with E-state index >= 15 is 0 Å². The summed E-state index contributed by atoms with van der Waals surface area (Å²) in [5.41, 5.74) is -0.000630. The van der Waals surface area contributed by atoms with Crippen molar-refractivity contribution in [3.8, 4) is 5.88 Å². The molecule has 0 spiro atoms. The third-order valence-corrected chi connectivity index (χ3v) is 3.79. The van der Waals surface area contributed by atoms with Crippen LogP contribution in [0.1, 0.15) is 13.8 Å². The van der Waals surface area contributed by atoms with Crippen LogP contribution in [0.2, 0.25) is 0 Å². The zero-order chi connectivity index (χ0) is 11.5. The normalized spacial score (nSPS) is 11.3. The molecular weight excluding hydrogens is 258 g/mol. The van der Waals surface area contributed by atoms with E-state index in [0.717, 1.165) is 11.1 Å². The summed E-state index contributed by atoms with van der Waals surface area (Å²) in [6, 6.07) is 1.82. The minimum Gasteiger partial charge on any atom is -0.481 e. The fourth-order valence-electron chi connectivity index (χ4n) is 1.02. The molecular formula is C10H16BrN3O. The second kappa shape index (κ2) is 4.79. The van der Waals surface area contributed by atoms with Gasteiger partial charge in [-0.25, -0.2) is 9.97 Å². The number of rotatable bonds is 4. The summed E-state index contributed by atoms with van der Waals surface area (Å²) in [7, 11) is 3.60. The van der Waals surface area contributed by atoms with Gasteiger partial charge in [-0.15, -0.1) is 0 Å². The maximum Gasteiger partial charge on any atom is 0.218 e. The van der Waals surface area contributed by atoms with Crippen molar-refractivity contribution in [3.05, 3.63) is 12.4 Å². The first-order valence-corrected chi connectivity index (χ1v) is 5.79. The molecule has 0 aliphatic carbocycles. The fraction of sp³-hybridized carbons (Fsp3) is 0.600. The number of halogens is 1. The van der Waals surface area contributed by atoms with E-state index < -0.39 is 0 Å². The number of aromatic nitrogens is 2. The van der Waals surface area contributed by atoms with Crippen molar-refractivity contribution in [3.63, 3.8) is 0 Å². The van der Waals surface area contributed by atoms with Crippen LogP contribution >= 0.6 is 15.9 Å². The predicted octanol–water partition coefficient (Wildman–Crippen LogP) is 2.09. The summed E-state index contributed by atoms with van der Waals surface area (Å²) in [5, 5.41) is 0.864. The van der Waals surface area contributed by atoms with Gasteiger partial charge in [-0.2, -0.15) is 0 Å². The number of alkyl halides is 1. The van der Waals surface area contributed by atoms with Gasteiger partial charge in [0.15, 0.2) is 0 Å². The first kappa shape index (κ1) is 12.2. The molecule has 1 aromatic heterocycles. The molecule has 0 bridgehead atoms. The number of methoxy groups -OCH3 is 1. The van der Waals surface area contributed by atoms with Gasteiger partial charge in [0.05, 0.1) is 7.11 Å². The quantitative estimate of drug-likeness (QED) is 0.788. The minimum absolute atomic E-state index is 0.000630. The Kier molecular flexibility index (Phi) is 3.90. The molecule has 0 fully saturated rings. The highest BCUT2D eigenvalue weighted by molar-refractivity contribution is 9.09. The zero-order valence-corrected chi connectivity index (χ0v) is 11.1. The van der Waals surface area contributed by atoms with E-state index in [1.807, 2.05) is 13.1 Å². The van der Waals surface area contributed by atoms with Crippen molar-refractivity contribution in [1.29, 1.82) is 0 Å². The van der Waals surface area contributed by atoms with Gasteiger partial charge in [-0.05, 0) is 13.8 Å². The van der Waals surface area contributed by atoms with Gasteiger partial charge in [-0.1, -0.05) is 15.9 Å². The molecule has 0 unspecified atom stereocenters. The van der Waals surface area contributed by atoms with E-state index in [1.165, 1.54) is 6.33 Å². The highest BCUT2D eigenvalue weighted by Gasteiger charge is 2.23. The van der Waals surface area contributed by atoms with Crippen molar-refractivity contribution >= 4 is 21.7 Å². The first-order chi connectivity index (χ1) is 7.01. The van der Waals surface area contributed by atoms with Crippen LogP contribution in [0.25, 0.3) is 0 Å². The average molecular weight is 274 g/mol. The Labute approximate surface area is 98.8 Å². The highest BCUT2D eigenvalue weighted by Crippen LogP contribution is 2.23. The fourth-order valence-corrected chi connectivity index (χ4v) is 1.40. The average Bonchev–Trinajstić information content (AvgIpc) is 2.28. The molecule has 0 radical (unpaired) electrons. The number of ether oxygens (including phenoxy) is 1. The summed E-state index contributed by atoms with van der Waals surface area (Å²) in [4.78, 5) is 10.3. The molecule has 84 valence electrons. The van der Waals surface area contributed by atoms with Crippen LogP contribution < -0.4 is 9.64 Å². The maximum atomic E-state index is 5.06. The van der Waals surface area contributed by atoms with Crippen LogP contribution in [0.3, 0.4) is 0 Å². The molecule has 0 aliphatic heterocycles. The van der Waals surface area contributed by atoms with Crippen molar-refractivity contribution in [2.75, 3.05) is 24.4 Å². The van der Waals surface area contributed by atoms with Crippen LogP contribution in [0.4, 0.5) is 5.82 Å². The van der Waals surface area contributed by atoms with Crippen LogP contribution in [-0.4, -0.2) is 35.0 Å². The second-order valence-electron chi connectivity index (χ2n) is 3.92. The Bertz CT molecular complexity index is 330. The topological polar surface area (TPSA) is 38.2 Å². The second-order valence-corrected chi connectivity index (χ2v) is 4.48. The van der Waals surface area contributed by atoms with E-state index in [1.54, 1.807) is 7.11 Å². The molecule has 5 heteroatoms. The van der Waals surface area contributed by atoms with Gasteiger partial charge >= 0.3 is 0 Å². The molecule has 0 saturated carbocycles. The standard InChI is InChI=1S/C10H16BrN3O/c1-10(2,6-11)14(3)8-5-9(15-4)13-7-12-8/h5,7H,6H2,1-4H3. The van der Waals surface area contributed by atoms with Gasteiger partial charge in [0, 0.05) is 24.0 Å². The molecule has 15 heavy (non-hydrogen) atoms. The Morgan fingerprint density at radius 3 is 2.67 bits per heavy atom. The minimum atomic E-state index is -0.000630. The van der Waals surface area contributed by atoms with Crippen LogP contribution in [-0.2, 0) is 0 Å². The summed E-state index contributed by atoms with van der Waals surface area (Å²) < 4.78 is 5.06. The molecule has 0 aromatic carbocycles. The summed E-state index contributed by atoms with van der Waals surface area (Å²) >= 11 is 3.49. The lowest BCUT2D eigenvalue weighted by molar-refractivity contribution is 0.396. The smallest absolute Gasteiger partial charge is 0.218 e. The van der Waals surface area contributed by atoms with E-state index in [9.17, 15) is 0 Å². The van der Waals surface area contributed by atoms with Crippen molar-refractivity contribution in [2.24, 2.45) is 0 Å². The highest BCUT2D eigenvalue weighted by atomic mass is 79.9. The van der Waals surface area contributed by atoms with E-state index in [4.69, 9.17) is 4.74 Å². The monoisotopic (exact) mass is 273 g/mol. The van der Waals surface area contributed by atoms with Crippen LogP contribution in [0.5, 0.6) is 5.88 Å². The Hall–Kier alpha value is -0.840. The van der Waals surface area contributed by atoms with E-state index in [2.05, 4.69) is 44.6 Å². The van der Waals surface area contributed by atoms with Gasteiger partial charge in [0.2, 0.25) is 5.88 Å². The Morgan fingerprint density at radius 1 is 1.47 bits per heavy atom. The van der Waals surface area contributed by atoms with Crippen molar-refractivity contribution in [2.45, 2.75) is 19.4 Å². The molecule has 0 atom stereocenters. The Morgan fingerprint density at radius 2 is 2.13 bits per heavy atom. The van der Waals surface area contributed by atoms with Crippen molar-refractivity contribution < 1.29 is 4.74 Å². The first-order valence-electron chi connectivity index (χ1n) is 4.67. The van der Waals surface area contributed by atoms with Gasteiger partial charge in [0.25, 0.3) is 0 Å². The summed E-state index contributed by atoms with van der Waals surface area (Å²) in [5.74, 6) is 1.43. The molecule has 0 amide bonds. The summed E-state index contributed by atoms with van der Waals surface area (Å²) in [6.45, 7) is 4.27. The number of hydrogen-bond acceptors (Lipinski definition) is 4. The lowest BCUT2D eigenvalue weighted by Crippen LogP contribution is -2.43. The molecule has 0 N–H and O–H groups in total.